The van der Waals surface area contributed by atoms with Gasteiger partial charge < -0.3 is 10.6 Å². The van der Waals surface area contributed by atoms with Crippen LogP contribution in [0.4, 0.5) is 0 Å². The minimum atomic E-state index is 0.454. The van der Waals surface area contributed by atoms with Crippen molar-refractivity contribution in [2.45, 2.75) is 77.3 Å². The lowest BCUT2D eigenvalue weighted by atomic mass is 9.98. The molecule has 2 unspecified atom stereocenters. The molecule has 0 saturated carbocycles. The molecule has 1 aliphatic rings. The van der Waals surface area contributed by atoms with Gasteiger partial charge in [0.1, 0.15) is 0 Å². The first-order chi connectivity index (χ1) is 7.74. The largest absolute Gasteiger partial charge is 0.328 e. The monoisotopic (exact) mass is 226 g/mol. The van der Waals surface area contributed by atoms with Gasteiger partial charge in [-0.1, -0.05) is 39.0 Å². The fourth-order valence-electron chi connectivity index (χ4n) is 2.68. The average molecular weight is 226 g/mol. The molecule has 2 heteroatoms. The fraction of sp³-hybridized carbons (Fsp3) is 1.00. The van der Waals surface area contributed by atoms with Crippen molar-refractivity contribution in [1.29, 1.82) is 0 Å². The second-order valence-electron chi connectivity index (χ2n) is 5.44. The second-order valence-corrected chi connectivity index (χ2v) is 5.44. The predicted octanol–water partition coefficient (Wildman–Crippen LogP) is 3.16. The standard InChI is InChI=1S/C14H30N2/c1-3-4-5-6-7-8-10-16-11-9-14(15)12-13(16)2/h13-14H,3-12,15H2,1-2H3. The molecule has 1 heterocycles. The minimum Gasteiger partial charge on any atom is -0.328 e. The molecule has 0 radical (unpaired) electrons. The second kappa shape index (κ2) is 8.08. The summed E-state index contributed by atoms with van der Waals surface area (Å²) in [4.78, 5) is 2.63. The van der Waals surface area contributed by atoms with Gasteiger partial charge in [-0.05, 0) is 39.3 Å². The number of nitrogens with two attached hydrogens (primary N) is 1. The van der Waals surface area contributed by atoms with Gasteiger partial charge in [0.2, 0.25) is 0 Å². The van der Waals surface area contributed by atoms with E-state index in [0.29, 0.717) is 12.1 Å². The van der Waals surface area contributed by atoms with Crippen LogP contribution in [-0.2, 0) is 0 Å². The van der Waals surface area contributed by atoms with Crippen molar-refractivity contribution in [1.82, 2.24) is 4.90 Å². The quantitative estimate of drug-likeness (QED) is 0.676. The summed E-state index contributed by atoms with van der Waals surface area (Å²) in [6.07, 6.45) is 10.8. The third-order valence-corrected chi connectivity index (χ3v) is 3.85. The van der Waals surface area contributed by atoms with Gasteiger partial charge in [0, 0.05) is 12.1 Å². The molecule has 96 valence electrons. The molecule has 0 amide bonds. The molecule has 2 N–H and O–H groups in total. The van der Waals surface area contributed by atoms with Crippen LogP contribution in [0.15, 0.2) is 0 Å². The van der Waals surface area contributed by atoms with Crippen LogP contribution in [0.5, 0.6) is 0 Å². The van der Waals surface area contributed by atoms with Crippen LogP contribution in [0.25, 0.3) is 0 Å². The molecule has 0 aromatic carbocycles. The zero-order valence-electron chi connectivity index (χ0n) is 11.3. The molecule has 2 atom stereocenters. The topological polar surface area (TPSA) is 29.3 Å². The summed E-state index contributed by atoms with van der Waals surface area (Å²) in [5.41, 5.74) is 5.97. The van der Waals surface area contributed by atoms with Crippen LogP contribution in [0.2, 0.25) is 0 Å². The van der Waals surface area contributed by atoms with Crippen molar-refractivity contribution in [3.05, 3.63) is 0 Å². The Morgan fingerprint density at radius 2 is 1.81 bits per heavy atom. The van der Waals surface area contributed by atoms with Gasteiger partial charge in [-0.15, -0.1) is 0 Å². The first kappa shape index (κ1) is 14.0. The van der Waals surface area contributed by atoms with Gasteiger partial charge in [-0.3, -0.25) is 0 Å². The van der Waals surface area contributed by atoms with E-state index in [4.69, 9.17) is 5.73 Å². The Morgan fingerprint density at radius 1 is 1.12 bits per heavy atom. The van der Waals surface area contributed by atoms with Crippen molar-refractivity contribution in [2.24, 2.45) is 5.73 Å². The maximum Gasteiger partial charge on any atom is 0.00816 e. The van der Waals surface area contributed by atoms with E-state index in [2.05, 4.69) is 18.7 Å². The zero-order valence-corrected chi connectivity index (χ0v) is 11.3. The number of rotatable bonds is 7. The van der Waals surface area contributed by atoms with Crippen LogP contribution in [-0.4, -0.2) is 30.1 Å². The van der Waals surface area contributed by atoms with E-state index < -0.39 is 0 Å². The van der Waals surface area contributed by atoms with Crippen LogP contribution >= 0.6 is 0 Å². The Morgan fingerprint density at radius 3 is 2.50 bits per heavy atom. The lowest BCUT2D eigenvalue weighted by molar-refractivity contribution is 0.145. The molecular formula is C14H30N2. The third kappa shape index (κ3) is 5.31. The number of piperidine rings is 1. The zero-order chi connectivity index (χ0) is 11.8. The van der Waals surface area contributed by atoms with E-state index in [0.717, 1.165) is 0 Å². The van der Waals surface area contributed by atoms with Gasteiger partial charge in [-0.25, -0.2) is 0 Å². The highest BCUT2D eigenvalue weighted by Gasteiger charge is 2.22. The molecule has 0 aromatic rings. The van der Waals surface area contributed by atoms with E-state index in [1.54, 1.807) is 0 Å². The molecule has 1 fully saturated rings. The van der Waals surface area contributed by atoms with Crippen LogP contribution < -0.4 is 5.73 Å². The highest BCUT2D eigenvalue weighted by Crippen LogP contribution is 2.16. The number of likely N-dealkylation sites (tertiary alicyclic amines) is 1. The molecule has 0 aromatic heterocycles. The van der Waals surface area contributed by atoms with Crippen molar-refractivity contribution in [2.75, 3.05) is 13.1 Å². The van der Waals surface area contributed by atoms with Crippen LogP contribution in [0, 0.1) is 0 Å². The van der Waals surface area contributed by atoms with Gasteiger partial charge in [-0.2, -0.15) is 0 Å². The SMILES string of the molecule is CCCCCCCCN1CCC(N)CC1C. The molecule has 1 rings (SSSR count). The lowest BCUT2D eigenvalue weighted by Gasteiger charge is -2.36. The Kier molecular flexibility index (Phi) is 7.06. The molecule has 1 aliphatic heterocycles. The molecule has 2 nitrogen and oxygen atoms in total. The van der Waals surface area contributed by atoms with Crippen LogP contribution in [0.3, 0.4) is 0 Å². The Balaban J connectivity index is 2.00. The van der Waals surface area contributed by atoms with Gasteiger partial charge >= 0.3 is 0 Å². The molecular weight excluding hydrogens is 196 g/mol. The number of unbranched alkanes of at least 4 members (excludes halogenated alkanes) is 5. The van der Waals surface area contributed by atoms with E-state index >= 15 is 0 Å². The van der Waals surface area contributed by atoms with Gasteiger partial charge in [0.25, 0.3) is 0 Å². The number of nitrogens with zero attached hydrogens (tertiary/aromatic N) is 1. The summed E-state index contributed by atoms with van der Waals surface area (Å²) in [6.45, 7) is 7.12. The van der Waals surface area contributed by atoms with Crippen LogP contribution in [0.1, 0.15) is 65.2 Å². The summed E-state index contributed by atoms with van der Waals surface area (Å²) in [6, 6.07) is 1.16. The van der Waals surface area contributed by atoms with Crippen molar-refractivity contribution in [3.8, 4) is 0 Å². The molecule has 0 bridgehead atoms. The number of hydrogen-bond donors (Lipinski definition) is 1. The molecule has 1 saturated heterocycles. The Labute approximate surface area is 102 Å². The summed E-state index contributed by atoms with van der Waals surface area (Å²) in [5.74, 6) is 0. The predicted molar refractivity (Wildman–Crippen MR) is 71.6 cm³/mol. The Bertz CT molecular complexity index is 170. The summed E-state index contributed by atoms with van der Waals surface area (Å²) < 4.78 is 0. The summed E-state index contributed by atoms with van der Waals surface area (Å²) in [7, 11) is 0. The fourth-order valence-corrected chi connectivity index (χ4v) is 2.68. The first-order valence-corrected chi connectivity index (χ1v) is 7.23. The van der Waals surface area contributed by atoms with Crippen molar-refractivity contribution in [3.63, 3.8) is 0 Å². The van der Waals surface area contributed by atoms with E-state index in [1.165, 1.54) is 64.5 Å². The maximum absolute atomic E-state index is 5.97. The minimum absolute atomic E-state index is 0.454. The lowest BCUT2D eigenvalue weighted by Crippen LogP contribution is -2.45. The number of hydrogen-bond acceptors (Lipinski definition) is 2. The average Bonchev–Trinajstić information content (AvgIpc) is 2.26. The van der Waals surface area contributed by atoms with Crippen molar-refractivity contribution < 1.29 is 0 Å². The van der Waals surface area contributed by atoms with E-state index in [1.807, 2.05) is 0 Å². The highest BCUT2D eigenvalue weighted by atomic mass is 15.2. The van der Waals surface area contributed by atoms with Gasteiger partial charge in [0.15, 0.2) is 0 Å². The smallest absolute Gasteiger partial charge is 0.00816 e. The molecule has 0 aliphatic carbocycles. The van der Waals surface area contributed by atoms with Gasteiger partial charge in [0.05, 0.1) is 0 Å². The maximum atomic E-state index is 5.97. The highest BCUT2D eigenvalue weighted by molar-refractivity contribution is 4.80. The first-order valence-electron chi connectivity index (χ1n) is 7.23. The molecule has 16 heavy (non-hydrogen) atoms. The summed E-state index contributed by atoms with van der Waals surface area (Å²) >= 11 is 0. The van der Waals surface area contributed by atoms with Crippen molar-refractivity contribution >= 4 is 0 Å². The van der Waals surface area contributed by atoms with E-state index in [9.17, 15) is 0 Å². The normalized spacial score (nSPS) is 27.2. The third-order valence-electron chi connectivity index (χ3n) is 3.85. The molecule has 0 spiro atoms. The Hall–Kier alpha value is -0.0800. The van der Waals surface area contributed by atoms with E-state index in [-0.39, 0.29) is 0 Å². The summed E-state index contributed by atoms with van der Waals surface area (Å²) in [5, 5.41) is 0.